The van der Waals surface area contributed by atoms with Crippen LogP contribution < -0.4 is 5.32 Å². The van der Waals surface area contributed by atoms with E-state index in [1.54, 1.807) is 4.52 Å². The summed E-state index contributed by atoms with van der Waals surface area (Å²) in [5, 5.41) is 16.8. The molecule has 0 bridgehead atoms. The Morgan fingerprint density at radius 2 is 2.39 bits per heavy atom. The Hall–Kier alpha value is -2.16. The monoisotopic (exact) mass is 242 g/mol. The minimum Gasteiger partial charge on any atom is -0.364 e. The van der Waals surface area contributed by atoms with Gasteiger partial charge in [0.05, 0.1) is 6.20 Å². The topological polar surface area (TPSA) is 78.9 Å². The van der Waals surface area contributed by atoms with Crippen LogP contribution in [0, 0.1) is 11.3 Å². The van der Waals surface area contributed by atoms with Crippen LogP contribution in [0.15, 0.2) is 6.20 Å². The van der Waals surface area contributed by atoms with Gasteiger partial charge in [-0.2, -0.15) is 9.78 Å². The van der Waals surface area contributed by atoms with Crippen LogP contribution >= 0.6 is 0 Å². The summed E-state index contributed by atoms with van der Waals surface area (Å²) in [7, 11) is 0. The maximum atomic E-state index is 9.04. The van der Waals surface area contributed by atoms with Crippen LogP contribution in [0.25, 0.3) is 5.65 Å². The lowest BCUT2D eigenvalue weighted by Gasteiger charge is -2.07. The van der Waals surface area contributed by atoms with Crippen LogP contribution in [0.2, 0.25) is 0 Å². The second kappa shape index (κ2) is 4.26. The number of aryl methyl sites for hydroxylation is 1. The summed E-state index contributed by atoms with van der Waals surface area (Å²) >= 11 is 0. The van der Waals surface area contributed by atoms with Gasteiger partial charge in [-0.15, -0.1) is 5.10 Å². The maximum absolute atomic E-state index is 9.04. The predicted octanol–water partition coefficient (Wildman–Crippen LogP) is 1.52. The number of fused-ring (bicyclic) bond motifs is 1. The molecule has 6 nitrogen and oxygen atoms in total. The van der Waals surface area contributed by atoms with E-state index in [4.69, 9.17) is 5.26 Å². The summed E-state index contributed by atoms with van der Waals surface area (Å²) in [6.07, 6.45) is 5.66. The van der Waals surface area contributed by atoms with Crippen LogP contribution in [-0.2, 0) is 6.42 Å². The molecular weight excluding hydrogens is 228 g/mol. The lowest BCUT2D eigenvalue weighted by atomic mass is 10.3. The fourth-order valence-corrected chi connectivity index (χ4v) is 1.85. The summed E-state index contributed by atoms with van der Waals surface area (Å²) in [4.78, 5) is 8.73. The average Bonchev–Trinajstić information content (AvgIpc) is 3.07. The summed E-state index contributed by atoms with van der Waals surface area (Å²) in [5.41, 5.74) is 1.09. The molecule has 0 aromatic carbocycles. The van der Waals surface area contributed by atoms with Crippen molar-refractivity contribution in [2.24, 2.45) is 0 Å². The highest BCUT2D eigenvalue weighted by atomic mass is 15.3. The van der Waals surface area contributed by atoms with E-state index < -0.39 is 0 Å². The molecule has 0 saturated heterocycles. The minimum absolute atomic E-state index is 0.448. The Morgan fingerprint density at radius 3 is 3.06 bits per heavy atom. The molecule has 1 aliphatic carbocycles. The zero-order valence-electron chi connectivity index (χ0n) is 10.2. The fraction of sp³-hybridized carbons (Fsp3) is 0.500. The first-order chi connectivity index (χ1) is 8.81. The van der Waals surface area contributed by atoms with E-state index in [0.29, 0.717) is 17.4 Å². The van der Waals surface area contributed by atoms with Crippen molar-refractivity contribution < 1.29 is 0 Å². The van der Waals surface area contributed by atoms with Crippen molar-refractivity contribution in [2.45, 2.75) is 38.6 Å². The summed E-state index contributed by atoms with van der Waals surface area (Å²) in [6, 6.07) is 2.60. The molecule has 0 radical (unpaired) electrons. The first kappa shape index (κ1) is 11.0. The molecule has 0 spiro atoms. The third kappa shape index (κ3) is 1.88. The van der Waals surface area contributed by atoms with Crippen LogP contribution in [0.5, 0.6) is 0 Å². The third-order valence-corrected chi connectivity index (χ3v) is 2.91. The Balaban J connectivity index is 2.12. The largest absolute Gasteiger partial charge is 0.364 e. The van der Waals surface area contributed by atoms with Gasteiger partial charge >= 0.3 is 0 Å². The highest BCUT2D eigenvalue weighted by Crippen LogP contribution is 2.25. The van der Waals surface area contributed by atoms with Gasteiger partial charge in [-0.25, -0.2) is 9.97 Å². The van der Waals surface area contributed by atoms with E-state index in [2.05, 4.69) is 33.4 Å². The second-order valence-electron chi connectivity index (χ2n) is 4.54. The zero-order chi connectivity index (χ0) is 12.5. The summed E-state index contributed by atoms with van der Waals surface area (Å²) in [6.45, 7) is 2.08. The molecule has 2 heterocycles. The molecule has 0 atom stereocenters. The number of hydrogen-bond acceptors (Lipinski definition) is 5. The smallest absolute Gasteiger partial charge is 0.198 e. The van der Waals surface area contributed by atoms with Crippen LogP contribution in [0.3, 0.4) is 0 Å². The van der Waals surface area contributed by atoms with Gasteiger partial charge in [-0.05, 0) is 19.3 Å². The van der Waals surface area contributed by atoms with Gasteiger partial charge in [0.1, 0.15) is 6.07 Å². The minimum atomic E-state index is 0.448. The molecule has 0 unspecified atom stereocenters. The van der Waals surface area contributed by atoms with E-state index in [1.165, 1.54) is 19.0 Å². The molecule has 0 amide bonds. The molecule has 1 saturated carbocycles. The van der Waals surface area contributed by atoms with Gasteiger partial charge in [0.15, 0.2) is 23.0 Å². The maximum Gasteiger partial charge on any atom is 0.198 e. The van der Waals surface area contributed by atoms with E-state index in [9.17, 15) is 0 Å². The molecule has 1 N–H and O–H groups in total. The Labute approximate surface area is 105 Å². The molecule has 6 heteroatoms. The number of anilines is 1. The van der Waals surface area contributed by atoms with Gasteiger partial charge in [0.2, 0.25) is 0 Å². The molecule has 2 aromatic heterocycles. The van der Waals surface area contributed by atoms with Gasteiger partial charge < -0.3 is 5.32 Å². The Morgan fingerprint density at radius 1 is 1.56 bits per heavy atom. The SMILES string of the molecule is CCCc1nc(NC2CC2)c2ncc(C#N)n2n1. The highest BCUT2D eigenvalue weighted by Gasteiger charge is 2.23. The fourth-order valence-electron chi connectivity index (χ4n) is 1.85. The van der Waals surface area contributed by atoms with Gasteiger partial charge in [-0.3, -0.25) is 0 Å². The molecule has 2 aromatic rings. The second-order valence-corrected chi connectivity index (χ2v) is 4.54. The van der Waals surface area contributed by atoms with Crippen molar-refractivity contribution >= 4 is 11.5 Å². The standard InChI is InChI=1S/C12H14N6/c1-2-3-10-16-11(15-8-4-5-8)12-14-7-9(6-13)18(12)17-10/h7-8H,2-5H2,1H3,(H,15,16,17). The molecule has 3 rings (SSSR count). The first-order valence-corrected chi connectivity index (χ1v) is 6.23. The van der Waals surface area contributed by atoms with E-state index in [-0.39, 0.29) is 0 Å². The molecule has 18 heavy (non-hydrogen) atoms. The lowest BCUT2D eigenvalue weighted by Crippen LogP contribution is -2.11. The normalized spacial score (nSPS) is 14.7. The average molecular weight is 242 g/mol. The number of nitriles is 1. The van der Waals surface area contributed by atoms with Crippen molar-refractivity contribution in [2.75, 3.05) is 5.32 Å². The third-order valence-electron chi connectivity index (χ3n) is 2.91. The van der Waals surface area contributed by atoms with Crippen molar-refractivity contribution in [1.29, 1.82) is 5.26 Å². The Kier molecular flexibility index (Phi) is 2.59. The molecule has 0 aliphatic heterocycles. The highest BCUT2D eigenvalue weighted by molar-refractivity contribution is 5.64. The van der Waals surface area contributed by atoms with E-state index in [0.717, 1.165) is 24.5 Å². The van der Waals surface area contributed by atoms with Crippen molar-refractivity contribution in [3.8, 4) is 6.07 Å². The van der Waals surface area contributed by atoms with E-state index in [1.807, 2.05) is 0 Å². The molecular formula is C12H14N6. The molecule has 1 aliphatic rings. The summed E-state index contributed by atoms with van der Waals surface area (Å²) < 4.78 is 1.59. The van der Waals surface area contributed by atoms with Gasteiger partial charge in [-0.1, -0.05) is 6.92 Å². The van der Waals surface area contributed by atoms with Gasteiger partial charge in [0.25, 0.3) is 0 Å². The molecule has 1 fully saturated rings. The zero-order valence-corrected chi connectivity index (χ0v) is 10.2. The quantitative estimate of drug-likeness (QED) is 0.879. The predicted molar refractivity (Wildman–Crippen MR) is 66.1 cm³/mol. The number of rotatable bonds is 4. The molecule has 92 valence electrons. The van der Waals surface area contributed by atoms with Gasteiger partial charge in [0, 0.05) is 12.5 Å². The number of aromatic nitrogens is 4. The van der Waals surface area contributed by atoms with E-state index >= 15 is 0 Å². The number of nitrogens with one attached hydrogen (secondary N) is 1. The number of imidazole rings is 1. The number of hydrogen-bond donors (Lipinski definition) is 1. The summed E-state index contributed by atoms with van der Waals surface area (Å²) in [5.74, 6) is 1.50. The van der Waals surface area contributed by atoms with Crippen LogP contribution in [0.1, 0.15) is 37.7 Å². The van der Waals surface area contributed by atoms with Crippen molar-refractivity contribution in [3.63, 3.8) is 0 Å². The number of nitrogens with zero attached hydrogens (tertiary/aromatic N) is 5. The van der Waals surface area contributed by atoms with Crippen LogP contribution in [-0.4, -0.2) is 25.6 Å². The van der Waals surface area contributed by atoms with Crippen LogP contribution in [0.4, 0.5) is 5.82 Å². The van der Waals surface area contributed by atoms with Crippen molar-refractivity contribution in [3.05, 3.63) is 17.7 Å². The lowest BCUT2D eigenvalue weighted by molar-refractivity contribution is 0.760. The first-order valence-electron chi connectivity index (χ1n) is 6.23. The Bertz CT molecular complexity index is 619. The van der Waals surface area contributed by atoms with Crippen molar-refractivity contribution in [1.82, 2.24) is 19.6 Å².